The van der Waals surface area contributed by atoms with Crippen molar-refractivity contribution < 1.29 is 18.7 Å². The fraction of sp³-hybridized carbons (Fsp3) is 0.130. The molecule has 0 spiro atoms. The molecule has 1 amide bonds. The monoisotopic (exact) mass is 445 g/mol. The Morgan fingerprint density at radius 3 is 2.91 bits per heavy atom. The van der Waals surface area contributed by atoms with Gasteiger partial charge in [-0.3, -0.25) is 14.6 Å². The van der Waals surface area contributed by atoms with Crippen LogP contribution in [-0.4, -0.2) is 32.4 Å². The average molecular weight is 445 g/mol. The lowest BCUT2D eigenvalue weighted by molar-refractivity contribution is -0.111. The summed E-state index contributed by atoms with van der Waals surface area (Å²) in [5.41, 5.74) is 1.54. The molecule has 4 aromatic rings. The van der Waals surface area contributed by atoms with E-state index in [1.54, 1.807) is 36.4 Å². The first kappa shape index (κ1) is 20.3. The number of hydrogen-bond acceptors (Lipinski definition) is 7. The van der Waals surface area contributed by atoms with E-state index in [-0.39, 0.29) is 18.3 Å². The number of aryl methyl sites for hydroxylation is 1. The number of H-pyrrole nitrogens is 1. The summed E-state index contributed by atoms with van der Waals surface area (Å²) in [5, 5.41) is 7.26. The van der Waals surface area contributed by atoms with Crippen molar-refractivity contribution in [3.63, 3.8) is 0 Å². The number of benzene rings is 1. The van der Waals surface area contributed by atoms with Crippen LogP contribution >= 0.6 is 0 Å². The van der Waals surface area contributed by atoms with Gasteiger partial charge >= 0.3 is 0 Å². The van der Waals surface area contributed by atoms with Gasteiger partial charge in [-0.15, -0.1) is 0 Å². The second-order valence-electron chi connectivity index (χ2n) is 7.15. The minimum Gasteiger partial charge on any atom is -0.463 e. The topological polar surface area (TPSA) is 124 Å². The molecule has 0 saturated carbocycles. The Morgan fingerprint density at radius 1 is 1.21 bits per heavy atom. The van der Waals surface area contributed by atoms with Crippen molar-refractivity contribution in [3.8, 4) is 28.9 Å². The Hall–Kier alpha value is -4.60. The molecule has 0 unspecified atom stereocenters. The summed E-state index contributed by atoms with van der Waals surface area (Å²) in [7, 11) is 0. The van der Waals surface area contributed by atoms with Gasteiger partial charge in [0.15, 0.2) is 17.3 Å². The number of aromatic nitrogens is 4. The zero-order chi connectivity index (χ0) is 22.8. The van der Waals surface area contributed by atoms with Crippen LogP contribution in [0.1, 0.15) is 18.2 Å². The van der Waals surface area contributed by atoms with Crippen LogP contribution in [-0.2, 0) is 11.2 Å². The predicted octanol–water partition coefficient (Wildman–Crippen LogP) is 3.16. The molecule has 10 nitrogen and oxygen atoms in total. The number of amides is 1. The Bertz CT molecular complexity index is 1400. The molecule has 0 radical (unpaired) electrons. The smallest absolute Gasteiger partial charge is 0.252 e. The van der Waals surface area contributed by atoms with Crippen LogP contribution < -0.4 is 20.3 Å². The third kappa shape index (κ3) is 4.26. The molecule has 4 heterocycles. The van der Waals surface area contributed by atoms with E-state index in [0.29, 0.717) is 40.9 Å². The van der Waals surface area contributed by atoms with Crippen molar-refractivity contribution in [1.29, 1.82) is 0 Å². The highest BCUT2D eigenvalue weighted by Crippen LogP contribution is 2.32. The molecule has 3 aromatic heterocycles. The fourth-order valence-electron chi connectivity index (χ4n) is 3.31. The number of rotatable bonds is 6. The maximum absolute atomic E-state index is 12.7. The molecule has 0 saturated heterocycles. The van der Waals surface area contributed by atoms with E-state index in [0.717, 1.165) is 5.56 Å². The van der Waals surface area contributed by atoms with Crippen molar-refractivity contribution in [2.75, 3.05) is 12.1 Å². The van der Waals surface area contributed by atoms with Gasteiger partial charge in [0.05, 0.1) is 6.26 Å². The Kier molecular flexibility index (Phi) is 5.23. The summed E-state index contributed by atoms with van der Waals surface area (Å²) in [4.78, 5) is 31.8. The van der Waals surface area contributed by atoms with E-state index in [1.807, 2.05) is 13.0 Å². The van der Waals surface area contributed by atoms with Crippen LogP contribution in [0.5, 0.6) is 11.5 Å². The highest BCUT2D eigenvalue weighted by atomic mass is 16.7. The van der Waals surface area contributed by atoms with Crippen molar-refractivity contribution in [1.82, 2.24) is 19.7 Å². The summed E-state index contributed by atoms with van der Waals surface area (Å²) in [6, 6.07) is 11.9. The Labute approximate surface area is 187 Å². The number of ether oxygens (including phenoxy) is 2. The number of anilines is 1. The molecule has 0 aliphatic carbocycles. The van der Waals surface area contributed by atoms with Gasteiger partial charge in [0, 0.05) is 23.9 Å². The molecule has 5 rings (SSSR count). The molecule has 2 N–H and O–H groups in total. The van der Waals surface area contributed by atoms with Gasteiger partial charge in [0.2, 0.25) is 18.6 Å². The largest absolute Gasteiger partial charge is 0.463 e. The second kappa shape index (κ2) is 8.50. The van der Waals surface area contributed by atoms with E-state index in [4.69, 9.17) is 13.9 Å². The van der Waals surface area contributed by atoms with Crippen molar-refractivity contribution in [3.05, 3.63) is 76.4 Å². The van der Waals surface area contributed by atoms with Crippen molar-refractivity contribution in [2.24, 2.45) is 0 Å². The lowest BCUT2D eigenvalue weighted by Gasteiger charge is -2.07. The third-order valence-corrected chi connectivity index (χ3v) is 4.90. The van der Waals surface area contributed by atoms with Gasteiger partial charge in [-0.2, -0.15) is 9.78 Å². The summed E-state index contributed by atoms with van der Waals surface area (Å²) in [6.07, 6.45) is 5.14. The number of carbonyl (C=O) groups is 1. The maximum atomic E-state index is 12.7. The lowest BCUT2D eigenvalue weighted by Crippen LogP contribution is -2.18. The van der Waals surface area contributed by atoms with Gasteiger partial charge in [-0.05, 0) is 42.3 Å². The van der Waals surface area contributed by atoms with Crippen LogP contribution in [0.15, 0.2) is 64.0 Å². The average Bonchev–Trinajstić information content (AvgIpc) is 3.57. The van der Waals surface area contributed by atoms with Gasteiger partial charge in [-0.1, -0.05) is 13.0 Å². The number of hydrogen-bond donors (Lipinski definition) is 2. The zero-order valence-corrected chi connectivity index (χ0v) is 17.6. The van der Waals surface area contributed by atoms with Gasteiger partial charge < -0.3 is 19.2 Å². The van der Waals surface area contributed by atoms with Crippen molar-refractivity contribution >= 4 is 17.8 Å². The van der Waals surface area contributed by atoms with E-state index >= 15 is 0 Å². The van der Waals surface area contributed by atoms with Crippen LogP contribution in [0.3, 0.4) is 0 Å². The second-order valence-corrected chi connectivity index (χ2v) is 7.15. The van der Waals surface area contributed by atoms with Crippen LogP contribution in [0.25, 0.3) is 23.5 Å². The number of aromatic amines is 1. The van der Waals surface area contributed by atoms with Crippen LogP contribution in [0, 0.1) is 0 Å². The number of nitrogens with zero attached hydrogens (tertiary/aromatic N) is 3. The van der Waals surface area contributed by atoms with Crippen molar-refractivity contribution in [2.45, 2.75) is 13.3 Å². The molecule has 33 heavy (non-hydrogen) atoms. The standard InChI is InChI=1S/C23H19N5O5/c1-2-15-11-22(30)26-23(24-15)28-20(12-16(27-28)17-4-3-9-31-17)25-21(29)8-6-14-5-7-18-19(10-14)33-13-32-18/h3-12H,2,13H2,1H3,(H,25,29)(H,24,26,30)/b8-6-. The number of nitrogens with one attached hydrogen (secondary N) is 2. The van der Waals surface area contributed by atoms with E-state index in [1.165, 1.54) is 23.1 Å². The van der Waals surface area contributed by atoms with Gasteiger partial charge in [-0.25, -0.2) is 4.98 Å². The summed E-state index contributed by atoms with van der Waals surface area (Å²) in [6.45, 7) is 2.08. The third-order valence-electron chi connectivity index (χ3n) is 4.90. The first-order chi connectivity index (χ1) is 16.1. The van der Waals surface area contributed by atoms with Crippen LogP contribution in [0.4, 0.5) is 5.82 Å². The molecule has 0 fully saturated rings. The maximum Gasteiger partial charge on any atom is 0.252 e. The molecular weight excluding hydrogens is 426 g/mol. The van der Waals surface area contributed by atoms with Gasteiger partial charge in [0.25, 0.3) is 5.56 Å². The van der Waals surface area contributed by atoms with Crippen LogP contribution in [0.2, 0.25) is 0 Å². The normalized spacial score (nSPS) is 12.4. The molecule has 10 heteroatoms. The summed E-state index contributed by atoms with van der Waals surface area (Å²) < 4.78 is 17.4. The molecule has 0 bridgehead atoms. The molecule has 166 valence electrons. The number of carbonyl (C=O) groups excluding carboxylic acids is 1. The lowest BCUT2D eigenvalue weighted by atomic mass is 10.2. The van der Waals surface area contributed by atoms with E-state index in [9.17, 15) is 9.59 Å². The van der Waals surface area contributed by atoms with Gasteiger partial charge in [0.1, 0.15) is 11.5 Å². The minimum absolute atomic E-state index is 0.181. The Balaban J connectivity index is 1.45. The predicted molar refractivity (Wildman–Crippen MR) is 119 cm³/mol. The molecule has 1 aromatic carbocycles. The number of furan rings is 1. The first-order valence-corrected chi connectivity index (χ1v) is 10.2. The quantitative estimate of drug-likeness (QED) is 0.437. The zero-order valence-electron chi connectivity index (χ0n) is 17.6. The highest BCUT2D eigenvalue weighted by Gasteiger charge is 2.17. The first-order valence-electron chi connectivity index (χ1n) is 10.2. The summed E-state index contributed by atoms with van der Waals surface area (Å²) in [5.74, 6) is 1.92. The fourth-order valence-corrected chi connectivity index (χ4v) is 3.31. The molecule has 1 aliphatic heterocycles. The molecular formula is C23H19N5O5. The number of fused-ring (bicyclic) bond motifs is 1. The van der Waals surface area contributed by atoms with E-state index < -0.39 is 5.91 Å². The SMILES string of the molecule is CCc1cc(=O)[nH]c(-n2nc(-c3ccco3)cc2NC(=O)/C=C\c2ccc3c(c2)OCO3)n1. The molecule has 0 atom stereocenters. The minimum atomic E-state index is -0.395. The Morgan fingerprint density at radius 2 is 2.09 bits per heavy atom. The summed E-state index contributed by atoms with van der Waals surface area (Å²) >= 11 is 0. The molecule has 1 aliphatic rings. The highest BCUT2D eigenvalue weighted by molar-refractivity contribution is 6.01. The van der Waals surface area contributed by atoms with E-state index in [2.05, 4.69) is 20.4 Å².